The van der Waals surface area contributed by atoms with Crippen molar-refractivity contribution >= 4 is 12.0 Å². The predicted molar refractivity (Wildman–Crippen MR) is 68.9 cm³/mol. The second-order valence-corrected chi connectivity index (χ2v) is 5.40. The van der Waals surface area contributed by atoms with E-state index in [1.807, 2.05) is 13.8 Å². The van der Waals surface area contributed by atoms with Crippen LogP contribution in [0.1, 0.15) is 33.1 Å². The fourth-order valence-electron chi connectivity index (χ4n) is 3.19. The van der Waals surface area contributed by atoms with E-state index in [-0.39, 0.29) is 24.2 Å². The monoisotopic (exact) mass is 270 g/mol. The summed E-state index contributed by atoms with van der Waals surface area (Å²) in [5, 5.41) is 12.0. The van der Waals surface area contributed by atoms with Crippen LogP contribution in [-0.2, 0) is 9.53 Å². The molecule has 2 bridgehead atoms. The minimum atomic E-state index is -0.785. The largest absolute Gasteiger partial charge is 0.481 e. The molecule has 0 spiro atoms. The SMILES string of the molecule is CCOCC(C)NC(=O)N1C2CCC1C(C(=O)O)C2. The Bertz CT molecular complexity index is 361. The van der Waals surface area contributed by atoms with E-state index < -0.39 is 11.9 Å². The first-order valence-corrected chi connectivity index (χ1v) is 6.94. The van der Waals surface area contributed by atoms with Crippen molar-refractivity contribution < 1.29 is 19.4 Å². The Morgan fingerprint density at radius 2 is 2.21 bits per heavy atom. The Balaban J connectivity index is 1.91. The van der Waals surface area contributed by atoms with Gasteiger partial charge in [-0.1, -0.05) is 0 Å². The first-order valence-electron chi connectivity index (χ1n) is 6.94. The first kappa shape index (κ1) is 14.1. The van der Waals surface area contributed by atoms with Gasteiger partial charge < -0.3 is 20.1 Å². The molecule has 2 fully saturated rings. The Morgan fingerprint density at radius 1 is 1.47 bits per heavy atom. The lowest BCUT2D eigenvalue weighted by atomic mass is 9.89. The van der Waals surface area contributed by atoms with Gasteiger partial charge >= 0.3 is 12.0 Å². The third-order valence-corrected chi connectivity index (χ3v) is 4.03. The maximum absolute atomic E-state index is 12.2. The molecule has 6 nitrogen and oxygen atoms in total. The van der Waals surface area contributed by atoms with Crippen LogP contribution in [0.3, 0.4) is 0 Å². The van der Waals surface area contributed by atoms with E-state index in [2.05, 4.69) is 5.32 Å². The molecule has 2 amide bonds. The highest BCUT2D eigenvalue weighted by Crippen LogP contribution is 2.41. The molecule has 108 valence electrons. The van der Waals surface area contributed by atoms with Crippen molar-refractivity contribution in [3.8, 4) is 0 Å². The summed E-state index contributed by atoms with van der Waals surface area (Å²) in [5.74, 6) is -1.18. The molecule has 0 aromatic rings. The number of amides is 2. The van der Waals surface area contributed by atoms with Crippen molar-refractivity contribution in [2.75, 3.05) is 13.2 Å². The molecule has 0 aromatic carbocycles. The van der Waals surface area contributed by atoms with E-state index in [0.717, 1.165) is 12.8 Å². The summed E-state index contributed by atoms with van der Waals surface area (Å²) in [6.45, 7) is 4.90. The lowest BCUT2D eigenvalue weighted by Crippen LogP contribution is -2.48. The maximum Gasteiger partial charge on any atom is 0.318 e. The van der Waals surface area contributed by atoms with Crippen LogP contribution in [-0.4, -0.2) is 53.3 Å². The number of nitrogens with one attached hydrogen (secondary N) is 1. The molecule has 0 aliphatic carbocycles. The van der Waals surface area contributed by atoms with Crippen molar-refractivity contribution in [2.24, 2.45) is 5.92 Å². The van der Waals surface area contributed by atoms with Crippen molar-refractivity contribution in [1.29, 1.82) is 0 Å². The number of carbonyl (C=O) groups is 2. The van der Waals surface area contributed by atoms with Crippen molar-refractivity contribution in [2.45, 2.75) is 51.2 Å². The number of ether oxygens (including phenoxy) is 1. The lowest BCUT2D eigenvalue weighted by molar-refractivity contribution is -0.142. The minimum Gasteiger partial charge on any atom is -0.481 e. The number of hydrogen-bond donors (Lipinski definition) is 2. The topological polar surface area (TPSA) is 78.9 Å². The summed E-state index contributed by atoms with van der Waals surface area (Å²) in [4.78, 5) is 25.1. The summed E-state index contributed by atoms with van der Waals surface area (Å²) in [6, 6.07) is -0.258. The highest BCUT2D eigenvalue weighted by molar-refractivity contribution is 5.79. The molecule has 19 heavy (non-hydrogen) atoms. The fraction of sp³-hybridized carbons (Fsp3) is 0.846. The average Bonchev–Trinajstić information content (AvgIpc) is 2.93. The molecule has 0 aromatic heterocycles. The predicted octanol–water partition coefficient (Wildman–Crippen LogP) is 1.06. The van der Waals surface area contributed by atoms with Crippen LogP contribution in [0.2, 0.25) is 0 Å². The number of carboxylic acid groups (broad SMARTS) is 1. The lowest BCUT2D eigenvalue weighted by Gasteiger charge is -2.25. The molecular formula is C13H22N2O4. The van der Waals surface area contributed by atoms with Crippen LogP contribution in [0.25, 0.3) is 0 Å². The summed E-state index contributed by atoms with van der Waals surface area (Å²) < 4.78 is 5.26. The molecule has 2 aliphatic rings. The Hall–Kier alpha value is -1.30. The molecule has 4 unspecified atom stereocenters. The van der Waals surface area contributed by atoms with Gasteiger partial charge in [-0.25, -0.2) is 4.79 Å². The number of carboxylic acids is 1. The summed E-state index contributed by atoms with van der Waals surface area (Å²) in [6.07, 6.45) is 2.31. The number of aliphatic carboxylic acids is 1. The van der Waals surface area contributed by atoms with Crippen molar-refractivity contribution in [1.82, 2.24) is 10.2 Å². The Kier molecular flexibility index (Phi) is 4.29. The van der Waals surface area contributed by atoms with Crippen LogP contribution in [0.5, 0.6) is 0 Å². The smallest absolute Gasteiger partial charge is 0.318 e. The summed E-state index contributed by atoms with van der Waals surface area (Å²) >= 11 is 0. The van der Waals surface area contributed by atoms with Gasteiger partial charge in [0, 0.05) is 18.7 Å². The third kappa shape index (κ3) is 2.83. The number of carbonyl (C=O) groups excluding carboxylic acids is 1. The number of fused-ring (bicyclic) bond motifs is 2. The zero-order valence-corrected chi connectivity index (χ0v) is 11.5. The van der Waals surface area contributed by atoms with Gasteiger partial charge in [0.25, 0.3) is 0 Å². The highest BCUT2D eigenvalue weighted by Gasteiger charge is 2.51. The van der Waals surface area contributed by atoms with Crippen LogP contribution in [0.4, 0.5) is 4.79 Å². The van der Waals surface area contributed by atoms with Gasteiger partial charge in [0.1, 0.15) is 0 Å². The molecule has 0 radical (unpaired) electrons. The van der Waals surface area contributed by atoms with Gasteiger partial charge in [0.15, 0.2) is 0 Å². The van der Waals surface area contributed by atoms with Crippen LogP contribution in [0, 0.1) is 5.92 Å². The van der Waals surface area contributed by atoms with Crippen LogP contribution >= 0.6 is 0 Å². The third-order valence-electron chi connectivity index (χ3n) is 4.03. The van der Waals surface area contributed by atoms with Gasteiger partial charge in [-0.15, -0.1) is 0 Å². The van der Waals surface area contributed by atoms with Crippen LogP contribution < -0.4 is 5.32 Å². The first-order chi connectivity index (χ1) is 9.04. The van der Waals surface area contributed by atoms with E-state index in [1.54, 1.807) is 4.90 Å². The summed E-state index contributed by atoms with van der Waals surface area (Å²) in [7, 11) is 0. The highest BCUT2D eigenvalue weighted by atomic mass is 16.5. The van der Waals surface area contributed by atoms with Gasteiger partial charge in [0.2, 0.25) is 0 Å². The minimum absolute atomic E-state index is 0.0595. The van der Waals surface area contributed by atoms with E-state index in [0.29, 0.717) is 19.6 Å². The molecule has 2 rings (SSSR count). The van der Waals surface area contributed by atoms with E-state index in [9.17, 15) is 9.59 Å². The Morgan fingerprint density at radius 3 is 2.79 bits per heavy atom. The average molecular weight is 270 g/mol. The molecule has 0 saturated carbocycles. The molecule has 4 atom stereocenters. The zero-order chi connectivity index (χ0) is 14.0. The molecule has 6 heteroatoms. The summed E-state index contributed by atoms with van der Waals surface area (Å²) in [5.41, 5.74) is 0. The normalized spacial score (nSPS) is 30.4. The van der Waals surface area contributed by atoms with Gasteiger partial charge in [-0.05, 0) is 33.1 Å². The maximum atomic E-state index is 12.2. The molecule has 2 heterocycles. The zero-order valence-electron chi connectivity index (χ0n) is 11.5. The molecule has 2 saturated heterocycles. The van der Waals surface area contributed by atoms with Crippen molar-refractivity contribution in [3.63, 3.8) is 0 Å². The number of hydrogen-bond acceptors (Lipinski definition) is 3. The fourth-order valence-corrected chi connectivity index (χ4v) is 3.19. The quantitative estimate of drug-likeness (QED) is 0.783. The van der Waals surface area contributed by atoms with Gasteiger partial charge in [0.05, 0.1) is 18.6 Å². The standard InChI is InChI=1S/C13H22N2O4/c1-3-19-7-8(2)14-13(18)15-9-4-5-11(15)10(6-9)12(16)17/h8-11H,3-7H2,1-2H3,(H,14,18)(H,16,17). The number of rotatable bonds is 5. The number of urea groups is 1. The number of nitrogens with zero attached hydrogens (tertiary/aromatic N) is 1. The molecular weight excluding hydrogens is 248 g/mol. The van der Waals surface area contributed by atoms with Crippen LogP contribution in [0.15, 0.2) is 0 Å². The van der Waals surface area contributed by atoms with E-state index in [1.165, 1.54) is 0 Å². The van der Waals surface area contributed by atoms with Gasteiger partial charge in [-0.3, -0.25) is 4.79 Å². The molecule has 2 N–H and O–H groups in total. The molecule has 2 aliphatic heterocycles. The second-order valence-electron chi connectivity index (χ2n) is 5.40. The Labute approximate surface area is 113 Å². The van der Waals surface area contributed by atoms with E-state index >= 15 is 0 Å². The van der Waals surface area contributed by atoms with E-state index in [4.69, 9.17) is 9.84 Å². The van der Waals surface area contributed by atoms with Crippen molar-refractivity contribution in [3.05, 3.63) is 0 Å². The second kappa shape index (κ2) is 5.77. The van der Waals surface area contributed by atoms with Gasteiger partial charge in [-0.2, -0.15) is 0 Å².